The lowest BCUT2D eigenvalue weighted by Crippen LogP contribution is -1.64. The van der Waals surface area contributed by atoms with Gasteiger partial charge in [-0.05, 0) is 12.8 Å². The van der Waals surface area contributed by atoms with Crippen LogP contribution in [0.2, 0.25) is 0 Å². The second-order valence-electron chi connectivity index (χ2n) is 3.17. The maximum Gasteiger partial charge on any atom is -0.0348 e. The Kier molecular flexibility index (Phi) is 10.5. The van der Waals surface area contributed by atoms with Crippen molar-refractivity contribution in [1.82, 2.24) is 0 Å². The lowest BCUT2D eigenvalue weighted by molar-refractivity contribution is 0.815. The summed E-state index contributed by atoms with van der Waals surface area (Å²) in [5.74, 6) is 0. The van der Waals surface area contributed by atoms with E-state index in [9.17, 15) is 0 Å². The Labute approximate surface area is 83.0 Å². The van der Waals surface area contributed by atoms with E-state index in [-0.39, 0.29) is 0 Å². The second kappa shape index (κ2) is 11.2. The predicted molar refractivity (Wildman–Crippen MR) is 61.9 cm³/mol. The number of hydrogen-bond donors (Lipinski definition) is 0. The molecule has 0 heteroatoms. The molecule has 0 aromatic carbocycles. The zero-order valence-electron chi connectivity index (χ0n) is 9.00. The first-order valence-electron chi connectivity index (χ1n) is 5.40. The topological polar surface area (TPSA) is 0 Å². The first-order chi connectivity index (χ1) is 6.41. The summed E-state index contributed by atoms with van der Waals surface area (Å²) in [5.41, 5.74) is 0. The van der Waals surface area contributed by atoms with Crippen molar-refractivity contribution in [1.29, 1.82) is 0 Å². The Morgan fingerprint density at radius 1 is 0.692 bits per heavy atom. The van der Waals surface area contributed by atoms with Crippen molar-refractivity contribution in [3.05, 3.63) is 36.5 Å². The van der Waals surface area contributed by atoms with Gasteiger partial charge in [0.25, 0.3) is 0 Å². The van der Waals surface area contributed by atoms with Gasteiger partial charge < -0.3 is 0 Å². The van der Waals surface area contributed by atoms with Crippen LogP contribution in [-0.4, -0.2) is 0 Å². The Morgan fingerprint density at radius 2 is 1.31 bits per heavy atom. The minimum atomic E-state index is 1.18. The van der Waals surface area contributed by atoms with Gasteiger partial charge >= 0.3 is 0 Å². The van der Waals surface area contributed by atoms with Gasteiger partial charge in [-0.2, -0.15) is 0 Å². The maximum absolute atomic E-state index is 2.23. The molecule has 0 spiro atoms. The molecule has 0 radical (unpaired) electrons. The molecule has 0 saturated carbocycles. The minimum Gasteiger partial charge on any atom is -0.0845 e. The van der Waals surface area contributed by atoms with E-state index in [1.165, 1.54) is 32.1 Å². The molecule has 0 aliphatic rings. The molecule has 0 aromatic heterocycles. The Balaban J connectivity index is 3.34. The maximum atomic E-state index is 2.23. The van der Waals surface area contributed by atoms with Gasteiger partial charge in [-0.3, -0.25) is 0 Å². The highest BCUT2D eigenvalue weighted by atomic mass is 13.8. The Bertz CT molecular complexity index is 161. The van der Waals surface area contributed by atoms with Crippen molar-refractivity contribution >= 4 is 0 Å². The summed E-state index contributed by atoms with van der Waals surface area (Å²) in [6.45, 7) is 4.41. The SMILES string of the molecule is CCC/C=C/C=C/C=C/CCCC. The van der Waals surface area contributed by atoms with Crippen LogP contribution < -0.4 is 0 Å². The van der Waals surface area contributed by atoms with E-state index in [2.05, 4.69) is 50.3 Å². The van der Waals surface area contributed by atoms with Crippen molar-refractivity contribution in [2.75, 3.05) is 0 Å². The highest BCUT2D eigenvalue weighted by Gasteiger charge is 1.74. The van der Waals surface area contributed by atoms with E-state index >= 15 is 0 Å². The van der Waals surface area contributed by atoms with E-state index in [0.717, 1.165) is 0 Å². The zero-order chi connectivity index (χ0) is 9.78. The fraction of sp³-hybridized carbons (Fsp3) is 0.538. The van der Waals surface area contributed by atoms with Crippen LogP contribution in [0.15, 0.2) is 36.5 Å². The molecule has 13 heavy (non-hydrogen) atoms. The van der Waals surface area contributed by atoms with Crippen LogP contribution in [0, 0.1) is 0 Å². The van der Waals surface area contributed by atoms with E-state index in [1.807, 2.05) is 0 Å². The lowest BCUT2D eigenvalue weighted by atomic mass is 10.2. The van der Waals surface area contributed by atoms with Crippen molar-refractivity contribution in [2.45, 2.75) is 46.0 Å². The van der Waals surface area contributed by atoms with Crippen LogP contribution in [0.25, 0.3) is 0 Å². The molecule has 0 nitrogen and oxygen atoms in total. The van der Waals surface area contributed by atoms with Crippen molar-refractivity contribution < 1.29 is 0 Å². The summed E-state index contributed by atoms with van der Waals surface area (Å²) in [6.07, 6.45) is 19.1. The summed E-state index contributed by atoms with van der Waals surface area (Å²) in [7, 11) is 0. The molecular formula is C13H22. The first-order valence-corrected chi connectivity index (χ1v) is 5.40. The smallest absolute Gasteiger partial charge is 0.0348 e. The fourth-order valence-corrected chi connectivity index (χ4v) is 0.967. The average molecular weight is 178 g/mol. The van der Waals surface area contributed by atoms with Crippen LogP contribution in [0.3, 0.4) is 0 Å². The van der Waals surface area contributed by atoms with E-state index in [1.54, 1.807) is 0 Å². The zero-order valence-corrected chi connectivity index (χ0v) is 9.00. The first kappa shape index (κ1) is 12.2. The molecule has 0 aliphatic heterocycles. The molecule has 0 saturated heterocycles. The highest BCUT2D eigenvalue weighted by molar-refractivity contribution is 5.10. The van der Waals surface area contributed by atoms with Gasteiger partial charge in [0.05, 0.1) is 0 Å². The highest BCUT2D eigenvalue weighted by Crippen LogP contribution is 1.95. The predicted octanol–water partition coefficient (Wildman–Crippen LogP) is 4.65. The summed E-state index contributed by atoms with van der Waals surface area (Å²) in [5, 5.41) is 0. The number of hydrogen-bond acceptors (Lipinski definition) is 0. The molecule has 0 aromatic rings. The standard InChI is InChI=1S/C13H22/c1-3-5-7-9-11-13-12-10-8-6-4-2/h7,9-13H,3-6,8H2,1-2H3/b9-7+,12-10+,13-11+. The molecule has 0 amide bonds. The molecule has 0 atom stereocenters. The van der Waals surface area contributed by atoms with Gasteiger partial charge in [0, 0.05) is 0 Å². The summed E-state index contributed by atoms with van der Waals surface area (Å²) in [4.78, 5) is 0. The third-order valence-corrected chi connectivity index (χ3v) is 1.79. The van der Waals surface area contributed by atoms with E-state index in [4.69, 9.17) is 0 Å². The van der Waals surface area contributed by atoms with Gasteiger partial charge in [0.2, 0.25) is 0 Å². The van der Waals surface area contributed by atoms with Crippen LogP contribution in [0.5, 0.6) is 0 Å². The van der Waals surface area contributed by atoms with Crippen LogP contribution >= 0.6 is 0 Å². The monoisotopic (exact) mass is 178 g/mol. The van der Waals surface area contributed by atoms with Crippen molar-refractivity contribution in [3.8, 4) is 0 Å². The quantitative estimate of drug-likeness (QED) is 0.393. The summed E-state index contributed by atoms with van der Waals surface area (Å²) in [6, 6.07) is 0. The van der Waals surface area contributed by atoms with Gasteiger partial charge in [0.1, 0.15) is 0 Å². The Hall–Kier alpha value is -0.780. The van der Waals surface area contributed by atoms with Gasteiger partial charge in [-0.15, -0.1) is 0 Å². The fourth-order valence-electron chi connectivity index (χ4n) is 0.967. The molecule has 0 unspecified atom stereocenters. The average Bonchev–Trinajstić information content (AvgIpc) is 2.16. The molecule has 0 rings (SSSR count). The molecule has 0 fully saturated rings. The lowest BCUT2D eigenvalue weighted by Gasteiger charge is -1.85. The number of allylic oxidation sites excluding steroid dienone is 6. The summed E-state index contributed by atoms with van der Waals surface area (Å²) >= 11 is 0. The van der Waals surface area contributed by atoms with E-state index < -0.39 is 0 Å². The molecular weight excluding hydrogens is 156 g/mol. The van der Waals surface area contributed by atoms with Crippen molar-refractivity contribution in [2.24, 2.45) is 0 Å². The second-order valence-corrected chi connectivity index (χ2v) is 3.17. The number of unbranched alkanes of at least 4 members (excludes halogenated alkanes) is 3. The van der Waals surface area contributed by atoms with Crippen molar-refractivity contribution in [3.63, 3.8) is 0 Å². The van der Waals surface area contributed by atoms with E-state index in [0.29, 0.717) is 0 Å². The normalized spacial score (nSPS) is 12.5. The number of rotatable bonds is 7. The molecule has 0 N–H and O–H groups in total. The third-order valence-electron chi connectivity index (χ3n) is 1.79. The van der Waals surface area contributed by atoms with Crippen LogP contribution in [-0.2, 0) is 0 Å². The van der Waals surface area contributed by atoms with Crippen LogP contribution in [0.1, 0.15) is 46.0 Å². The minimum absolute atomic E-state index is 1.18. The van der Waals surface area contributed by atoms with Crippen LogP contribution in [0.4, 0.5) is 0 Å². The van der Waals surface area contributed by atoms with Gasteiger partial charge in [-0.1, -0.05) is 69.6 Å². The molecule has 0 heterocycles. The largest absolute Gasteiger partial charge is 0.0845 e. The van der Waals surface area contributed by atoms with Gasteiger partial charge in [-0.25, -0.2) is 0 Å². The Morgan fingerprint density at radius 3 is 1.85 bits per heavy atom. The van der Waals surface area contributed by atoms with Gasteiger partial charge in [0.15, 0.2) is 0 Å². The molecule has 0 bridgehead atoms. The third kappa shape index (κ3) is 11.2. The summed E-state index contributed by atoms with van der Waals surface area (Å²) < 4.78 is 0. The molecule has 74 valence electrons. The molecule has 0 aliphatic carbocycles.